The van der Waals surface area contributed by atoms with Crippen LogP contribution in [0.5, 0.6) is 0 Å². The molecule has 0 saturated carbocycles. The molecule has 0 aliphatic carbocycles. The number of aromatic nitrogens is 2. The number of nitrogens with zero attached hydrogens (tertiary/aromatic N) is 7. The van der Waals surface area contributed by atoms with Gasteiger partial charge in [0.1, 0.15) is 0 Å². The minimum Gasteiger partial charge on any atom is -0.308 e. The van der Waals surface area contributed by atoms with Crippen LogP contribution in [-0.4, -0.2) is 9.13 Å². The van der Waals surface area contributed by atoms with Crippen LogP contribution in [0.2, 0.25) is 0 Å². The van der Waals surface area contributed by atoms with Gasteiger partial charge in [-0.25, -0.2) is 0 Å². The van der Waals surface area contributed by atoms with E-state index in [4.69, 9.17) is 0 Å². The average Bonchev–Trinajstić information content (AvgIpc) is 3.86. The average molecular weight is 898 g/mol. The van der Waals surface area contributed by atoms with Crippen LogP contribution < -0.4 is 0 Å². The van der Waals surface area contributed by atoms with Gasteiger partial charge in [0, 0.05) is 32.7 Å². The molecule has 0 saturated heterocycles. The zero-order valence-electron chi connectivity index (χ0n) is 34.8. The highest BCUT2D eigenvalue weighted by Crippen LogP contribution is 2.51. The van der Waals surface area contributed by atoms with Crippen molar-refractivity contribution >= 4 is 43.6 Å². The van der Waals surface area contributed by atoms with Crippen LogP contribution in [0.3, 0.4) is 0 Å². The van der Waals surface area contributed by atoms with Gasteiger partial charge in [-0.1, -0.05) is 66.7 Å². The minimum atomic E-state index is -5.30. The summed E-state index contributed by atoms with van der Waals surface area (Å²) < 4.78 is 96.3. The van der Waals surface area contributed by atoms with Crippen molar-refractivity contribution in [2.24, 2.45) is 0 Å². The number of para-hydroxylation sites is 2. The molecule has 2 aromatic heterocycles. The van der Waals surface area contributed by atoms with Gasteiger partial charge in [0.2, 0.25) is 0 Å². The predicted molar refractivity (Wildman–Crippen MR) is 245 cm³/mol. The van der Waals surface area contributed by atoms with Crippen molar-refractivity contribution < 1.29 is 26.3 Å². The fraction of sp³-hybridized carbons (Fsp3) is 0.0364. The monoisotopic (exact) mass is 897 g/mol. The van der Waals surface area contributed by atoms with Gasteiger partial charge in [-0.3, -0.25) is 0 Å². The molecule has 0 bridgehead atoms. The van der Waals surface area contributed by atoms with E-state index in [0.29, 0.717) is 78.0 Å². The Morgan fingerprint density at radius 1 is 0.353 bits per heavy atom. The molecule has 0 aliphatic heterocycles. The Hall–Kier alpha value is -9.61. The highest BCUT2D eigenvalue weighted by atomic mass is 19.4. The summed E-state index contributed by atoms with van der Waals surface area (Å²) in [4.78, 5) is 0. The lowest BCUT2D eigenvalue weighted by Gasteiger charge is -2.25. The molecule has 10 rings (SSSR count). The Kier molecular flexibility index (Phi) is 9.85. The van der Waals surface area contributed by atoms with Crippen LogP contribution in [0.1, 0.15) is 38.9 Å². The van der Waals surface area contributed by atoms with E-state index >= 15 is 26.3 Å². The van der Waals surface area contributed by atoms with Crippen LogP contribution in [0, 0.1) is 56.7 Å². The molecule has 322 valence electrons. The Morgan fingerprint density at radius 3 is 1.16 bits per heavy atom. The maximum absolute atomic E-state index is 15.5. The SMILES string of the molecule is N#Cc1ccc(-c2ccc3c(c2)c2ccccc2n3-c2cc(C#N)cc(-n3c4ccccc4c4cc(-c5ccc(C#N)cc5C#N)ccc43)c2-c2c(C(F)(F)F)cccc2C(F)(F)F)c(C#N)c1. The van der Waals surface area contributed by atoms with Gasteiger partial charge in [-0.05, 0) is 107 Å². The Labute approximate surface area is 382 Å². The number of halogens is 6. The molecule has 68 heavy (non-hydrogen) atoms. The molecule has 0 spiro atoms. The first kappa shape index (κ1) is 42.3. The third kappa shape index (κ3) is 6.73. The quantitative estimate of drug-likeness (QED) is 0.159. The number of fused-ring (bicyclic) bond motifs is 6. The van der Waals surface area contributed by atoms with Crippen LogP contribution >= 0.6 is 0 Å². The zero-order chi connectivity index (χ0) is 47.6. The van der Waals surface area contributed by atoms with Crippen LogP contribution in [0.15, 0.2) is 152 Å². The van der Waals surface area contributed by atoms with Gasteiger partial charge in [0.05, 0.1) is 103 Å². The van der Waals surface area contributed by atoms with Gasteiger partial charge in [0.25, 0.3) is 0 Å². The summed E-state index contributed by atoms with van der Waals surface area (Å²) in [7, 11) is 0. The van der Waals surface area contributed by atoms with E-state index in [1.165, 1.54) is 24.3 Å². The maximum atomic E-state index is 15.5. The fourth-order valence-electron chi connectivity index (χ4n) is 9.30. The molecule has 0 fully saturated rings. The van der Waals surface area contributed by atoms with Crippen molar-refractivity contribution in [1.82, 2.24) is 9.13 Å². The van der Waals surface area contributed by atoms with Crippen molar-refractivity contribution in [3.05, 3.63) is 191 Å². The number of rotatable bonds is 5. The van der Waals surface area contributed by atoms with Crippen LogP contribution in [0.4, 0.5) is 26.3 Å². The van der Waals surface area contributed by atoms with E-state index in [0.717, 1.165) is 6.07 Å². The van der Waals surface area contributed by atoms with E-state index < -0.39 is 34.6 Å². The molecule has 13 heteroatoms. The molecule has 0 aliphatic rings. The summed E-state index contributed by atoms with van der Waals surface area (Å²) in [5.74, 6) is 0. The second-order valence-electron chi connectivity index (χ2n) is 15.9. The van der Waals surface area contributed by atoms with Gasteiger partial charge >= 0.3 is 12.4 Å². The summed E-state index contributed by atoms with van der Waals surface area (Å²) in [6, 6.07) is 48.2. The Balaban J connectivity index is 1.37. The van der Waals surface area contributed by atoms with Crippen molar-refractivity contribution in [3.63, 3.8) is 0 Å². The molecule has 10 aromatic rings. The van der Waals surface area contributed by atoms with Crippen molar-refractivity contribution in [3.8, 4) is 75.1 Å². The first-order valence-electron chi connectivity index (χ1n) is 20.6. The summed E-state index contributed by atoms with van der Waals surface area (Å²) in [6.07, 6.45) is -10.6. The van der Waals surface area contributed by atoms with Gasteiger partial charge in [-0.15, -0.1) is 0 Å². The molecular weight excluding hydrogens is 873 g/mol. The maximum Gasteiger partial charge on any atom is 0.417 e. The minimum absolute atomic E-state index is 0.0746. The van der Waals surface area contributed by atoms with E-state index in [2.05, 4.69) is 18.2 Å². The fourth-order valence-corrected chi connectivity index (χ4v) is 9.30. The molecule has 0 N–H and O–H groups in total. The molecule has 8 aromatic carbocycles. The van der Waals surface area contributed by atoms with E-state index in [1.807, 2.05) is 12.1 Å². The third-order valence-electron chi connectivity index (χ3n) is 12.1. The zero-order valence-corrected chi connectivity index (χ0v) is 34.8. The summed E-state index contributed by atoms with van der Waals surface area (Å²) in [5.41, 5.74) is -0.550. The molecule has 7 nitrogen and oxygen atoms in total. The third-order valence-corrected chi connectivity index (χ3v) is 12.1. The second-order valence-corrected chi connectivity index (χ2v) is 15.9. The van der Waals surface area contributed by atoms with Crippen molar-refractivity contribution in [1.29, 1.82) is 26.3 Å². The summed E-state index contributed by atoms with van der Waals surface area (Å²) in [6.45, 7) is 0. The number of nitriles is 5. The molecule has 0 unspecified atom stereocenters. The smallest absolute Gasteiger partial charge is 0.308 e. The number of alkyl halides is 6. The number of hydrogen-bond acceptors (Lipinski definition) is 5. The summed E-state index contributed by atoms with van der Waals surface area (Å²) in [5, 5.41) is 52.0. The Morgan fingerprint density at radius 2 is 0.765 bits per heavy atom. The van der Waals surface area contributed by atoms with Crippen molar-refractivity contribution in [2.45, 2.75) is 12.4 Å². The van der Waals surface area contributed by atoms with Gasteiger partial charge in [0.15, 0.2) is 0 Å². The van der Waals surface area contributed by atoms with Crippen LogP contribution in [0.25, 0.3) is 88.4 Å². The lowest BCUT2D eigenvalue weighted by atomic mass is 9.89. The highest BCUT2D eigenvalue weighted by Gasteiger charge is 2.43. The van der Waals surface area contributed by atoms with E-state index in [9.17, 15) is 26.3 Å². The highest BCUT2D eigenvalue weighted by molar-refractivity contribution is 6.13. The molecule has 2 heterocycles. The standard InChI is InChI=1S/C55H25F6N7/c56-54(57,58)44-8-5-9-45(55(59,60)61)52(44)53-50(67-46-10-3-1-6-40(46)42-24-34(14-18-48(42)67)38-16-12-31(26-62)20-36(38)29-65)22-33(28-64)23-51(53)68-47-11-4-2-7-41(47)43-25-35(15-19-49(43)68)39-17-13-32(27-63)21-37(39)30-66/h1-25H. The second kappa shape index (κ2) is 15.8. The first-order valence-corrected chi connectivity index (χ1v) is 20.6. The topological polar surface area (TPSA) is 129 Å². The predicted octanol–water partition coefficient (Wildman–Crippen LogP) is 14.3. The van der Waals surface area contributed by atoms with E-state index in [-0.39, 0.29) is 39.2 Å². The largest absolute Gasteiger partial charge is 0.417 e. The molecule has 0 radical (unpaired) electrons. The van der Waals surface area contributed by atoms with Gasteiger partial charge in [-0.2, -0.15) is 52.7 Å². The first-order chi connectivity index (χ1) is 32.8. The summed E-state index contributed by atoms with van der Waals surface area (Å²) >= 11 is 0. The van der Waals surface area contributed by atoms with Gasteiger partial charge < -0.3 is 9.13 Å². The number of hydrogen-bond donors (Lipinski definition) is 0. The van der Waals surface area contributed by atoms with Crippen LogP contribution in [-0.2, 0) is 12.4 Å². The van der Waals surface area contributed by atoms with E-state index in [1.54, 1.807) is 118 Å². The molecular formula is C55H25F6N7. The molecule has 0 amide bonds. The number of benzene rings is 8. The Bertz CT molecular complexity index is 3780. The lowest BCUT2D eigenvalue weighted by Crippen LogP contribution is -2.16. The lowest BCUT2D eigenvalue weighted by molar-refractivity contribution is -0.142. The van der Waals surface area contributed by atoms with Crippen molar-refractivity contribution in [2.75, 3.05) is 0 Å². The normalized spacial score (nSPS) is 11.6. The molecule has 0 atom stereocenters.